The van der Waals surface area contributed by atoms with E-state index in [4.69, 9.17) is 4.98 Å². The van der Waals surface area contributed by atoms with Gasteiger partial charge in [-0.05, 0) is 25.1 Å². The van der Waals surface area contributed by atoms with Gasteiger partial charge in [-0.1, -0.05) is 36.8 Å². The van der Waals surface area contributed by atoms with Crippen LogP contribution in [0.4, 0.5) is 23.1 Å². The first-order valence-electron chi connectivity index (χ1n) is 13.0. The number of sulfonamides is 1. The Morgan fingerprint density at radius 2 is 1.90 bits per heavy atom. The molecule has 5 rings (SSSR count). The second-order valence-corrected chi connectivity index (χ2v) is 11.9. The number of anilines is 4. The first-order chi connectivity index (χ1) is 18.6. The van der Waals surface area contributed by atoms with Crippen molar-refractivity contribution in [2.45, 2.75) is 31.2 Å². The SMILES string of the molecule is CCC(=O)N1CCN(S(=O)(=O)c2cccc(Nc3ncc4c(n3)N(C)C3C=CC(C)=CC3C(=O)N4C)c2)CC1. The third kappa shape index (κ3) is 5.01. The maximum atomic E-state index is 13.3. The van der Waals surface area contributed by atoms with E-state index in [1.165, 1.54) is 4.31 Å². The van der Waals surface area contributed by atoms with Gasteiger partial charge in [0, 0.05) is 52.4 Å². The first-order valence-corrected chi connectivity index (χ1v) is 14.4. The molecular weight excluding hydrogens is 518 g/mol. The summed E-state index contributed by atoms with van der Waals surface area (Å²) in [4.78, 5) is 39.7. The summed E-state index contributed by atoms with van der Waals surface area (Å²) in [5.41, 5.74) is 2.15. The number of allylic oxidation sites excluding steroid dienone is 2. The Kier molecular flexibility index (Phi) is 7.17. The molecule has 0 bridgehead atoms. The third-order valence-electron chi connectivity index (χ3n) is 7.50. The molecule has 11 nitrogen and oxygen atoms in total. The number of carbonyl (C=O) groups excluding carboxylic acids is 2. The Bertz CT molecular complexity index is 1460. The Morgan fingerprint density at radius 3 is 2.62 bits per heavy atom. The molecule has 2 amide bonds. The molecule has 206 valence electrons. The van der Waals surface area contributed by atoms with E-state index in [2.05, 4.69) is 10.3 Å². The van der Waals surface area contributed by atoms with Crippen molar-refractivity contribution in [2.24, 2.45) is 5.92 Å². The number of carbonyl (C=O) groups is 2. The van der Waals surface area contributed by atoms with E-state index in [9.17, 15) is 18.0 Å². The van der Waals surface area contributed by atoms with Crippen LogP contribution in [0.2, 0.25) is 0 Å². The Balaban J connectivity index is 1.37. The summed E-state index contributed by atoms with van der Waals surface area (Å²) in [6.07, 6.45) is 8.01. The molecule has 2 aromatic rings. The molecule has 1 aromatic carbocycles. The average Bonchev–Trinajstić information content (AvgIpc) is 3.02. The van der Waals surface area contributed by atoms with Gasteiger partial charge in [0.25, 0.3) is 0 Å². The molecule has 12 heteroatoms. The summed E-state index contributed by atoms with van der Waals surface area (Å²) in [5.74, 6) is 0.544. The van der Waals surface area contributed by atoms with Gasteiger partial charge in [-0.15, -0.1) is 0 Å². The van der Waals surface area contributed by atoms with Crippen LogP contribution in [-0.2, 0) is 19.6 Å². The van der Waals surface area contributed by atoms with Gasteiger partial charge in [0.15, 0.2) is 5.82 Å². The minimum atomic E-state index is -3.74. The number of rotatable bonds is 5. The molecule has 1 fully saturated rings. The molecule has 1 N–H and O–H groups in total. The van der Waals surface area contributed by atoms with Gasteiger partial charge in [-0.25, -0.2) is 13.4 Å². The van der Waals surface area contributed by atoms with Crippen molar-refractivity contribution < 1.29 is 18.0 Å². The van der Waals surface area contributed by atoms with E-state index >= 15 is 0 Å². The van der Waals surface area contributed by atoms with Gasteiger partial charge in [-0.3, -0.25) is 9.59 Å². The first kappa shape index (κ1) is 26.8. The van der Waals surface area contributed by atoms with Gasteiger partial charge in [0.2, 0.25) is 27.8 Å². The monoisotopic (exact) mass is 551 g/mol. The third-order valence-corrected chi connectivity index (χ3v) is 9.39. The molecule has 2 unspecified atom stereocenters. The second kappa shape index (κ2) is 10.4. The summed E-state index contributed by atoms with van der Waals surface area (Å²) in [5, 5.41) is 3.13. The standard InChI is InChI=1S/C27H33N7O4S/c1-5-24(35)33-11-13-34(14-12-33)39(37,38)20-8-6-7-19(16-20)29-27-28-17-23-25(30-27)31(3)22-10-9-18(2)15-21(22)26(36)32(23)4/h6-10,15-17,21-22H,5,11-14H2,1-4H3,(H,28,29,30). The van der Waals surface area contributed by atoms with Crippen LogP contribution in [0.15, 0.2) is 59.2 Å². The number of benzene rings is 1. The predicted molar refractivity (Wildman–Crippen MR) is 149 cm³/mol. The highest BCUT2D eigenvalue weighted by Gasteiger charge is 2.38. The Morgan fingerprint density at radius 1 is 1.15 bits per heavy atom. The molecule has 39 heavy (non-hydrogen) atoms. The lowest BCUT2D eigenvalue weighted by Crippen LogP contribution is -2.50. The normalized spacial score (nSPS) is 21.7. The van der Waals surface area contributed by atoms with E-state index in [1.54, 1.807) is 54.2 Å². The zero-order valence-corrected chi connectivity index (χ0v) is 23.4. The molecule has 1 saturated heterocycles. The molecule has 1 aromatic heterocycles. The van der Waals surface area contributed by atoms with Crippen molar-refractivity contribution in [1.29, 1.82) is 0 Å². The maximum Gasteiger partial charge on any atom is 0.243 e. The molecule has 0 spiro atoms. The summed E-state index contributed by atoms with van der Waals surface area (Å²) in [7, 11) is -0.117. The van der Waals surface area contributed by atoms with Gasteiger partial charge in [0.1, 0.15) is 5.69 Å². The van der Waals surface area contributed by atoms with Crippen molar-refractivity contribution in [2.75, 3.05) is 55.4 Å². The van der Waals surface area contributed by atoms with Gasteiger partial charge < -0.3 is 20.0 Å². The summed E-state index contributed by atoms with van der Waals surface area (Å²) >= 11 is 0. The van der Waals surface area contributed by atoms with Crippen molar-refractivity contribution in [3.8, 4) is 0 Å². The number of hydrogen-bond donors (Lipinski definition) is 1. The van der Waals surface area contributed by atoms with Crippen LogP contribution in [0.3, 0.4) is 0 Å². The average molecular weight is 552 g/mol. The van der Waals surface area contributed by atoms with Crippen molar-refractivity contribution in [1.82, 2.24) is 19.2 Å². The van der Waals surface area contributed by atoms with Crippen LogP contribution < -0.4 is 15.1 Å². The fourth-order valence-electron chi connectivity index (χ4n) is 5.22. The smallest absolute Gasteiger partial charge is 0.243 e. The minimum Gasteiger partial charge on any atom is -0.350 e. The number of nitrogens with one attached hydrogen (secondary N) is 1. The summed E-state index contributed by atoms with van der Waals surface area (Å²) in [6.45, 7) is 5.04. The van der Waals surface area contributed by atoms with Crippen LogP contribution in [-0.4, -0.2) is 85.7 Å². The van der Waals surface area contributed by atoms with E-state index in [0.29, 0.717) is 36.7 Å². The lowest BCUT2D eigenvalue weighted by atomic mass is 9.90. The lowest BCUT2D eigenvalue weighted by molar-refractivity contribution is -0.132. The van der Waals surface area contributed by atoms with Crippen molar-refractivity contribution >= 4 is 45.0 Å². The van der Waals surface area contributed by atoms with Crippen molar-refractivity contribution in [3.05, 3.63) is 54.3 Å². The minimum absolute atomic E-state index is 0.0295. The highest BCUT2D eigenvalue weighted by molar-refractivity contribution is 7.89. The number of fused-ring (bicyclic) bond motifs is 2. The van der Waals surface area contributed by atoms with E-state index in [-0.39, 0.29) is 47.7 Å². The molecule has 0 saturated carbocycles. The van der Waals surface area contributed by atoms with Gasteiger partial charge in [-0.2, -0.15) is 9.29 Å². The van der Waals surface area contributed by atoms with Crippen LogP contribution >= 0.6 is 0 Å². The fraction of sp³-hybridized carbons (Fsp3) is 0.407. The largest absolute Gasteiger partial charge is 0.350 e. The Labute approximate surface area is 228 Å². The number of hydrogen-bond acceptors (Lipinski definition) is 8. The van der Waals surface area contributed by atoms with Crippen LogP contribution in [0, 0.1) is 5.92 Å². The van der Waals surface area contributed by atoms with Crippen LogP contribution in [0.5, 0.6) is 0 Å². The zero-order valence-electron chi connectivity index (χ0n) is 22.5. The molecule has 0 radical (unpaired) electrons. The van der Waals surface area contributed by atoms with Crippen LogP contribution in [0.25, 0.3) is 0 Å². The number of aromatic nitrogens is 2. The van der Waals surface area contributed by atoms with E-state index in [1.807, 2.05) is 37.1 Å². The number of piperazine rings is 1. The van der Waals surface area contributed by atoms with E-state index < -0.39 is 10.0 Å². The second-order valence-electron chi connectivity index (χ2n) is 9.99. The molecule has 1 aliphatic carbocycles. The molecular formula is C27H33N7O4S. The lowest BCUT2D eigenvalue weighted by Gasteiger charge is -2.34. The quantitative estimate of drug-likeness (QED) is 0.602. The predicted octanol–water partition coefficient (Wildman–Crippen LogP) is 2.38. The topological polar surface area (TPSA) is 119 Å². The highest BCUT2D eigenvalue weighted by atomic mass is 32.2. The van der Waals surface area contributed by atoms with Crippen LogP contribution in [0.1, 0.15) is 20.3 Å². The highest BCUT2D eigenvalue weighted by Crippen LogP contribution is 2.37. The maximum absolute atomic E-state index is 13.3. The fourth-order valence-corrected chi connectivity index (χ4v) is 6.68. The summed E-state index contributed by atoms with van der Waals surface area (Å²) < 4.78 is 28.1. The van der Waals surface area contributed by atoms with E-state index in [0.717, 1.165) is 5.57 Å². The number of amides is 2. The Hall–Kier alpha value is -3.77. The zero-order chi connectivity index (χ0) is 27.9. The molecule has 2 aliphatic heterocycles. The summed E-state index contributed by atoms with van der Waals surface area (Å²) in [6, 6.07) is 6.34. The molecule has 3 heterocycles. The number of likely N-dealkylation sites (N-methyl/N-ethyl adjacent to an activating group) is 1. The molecule has 3 aliphatic rings. The number of nitrogens with zero attached hydrogens (tertiary/aromatic N) is 6. The van der Waals surface area contributed by atoms with Gasteiger partial charge >= 0.3 is 0 Å². The van der Waals surface area contributed by atoms with Gasteiger partial charge in [0.05, 0.1) is 23.1 Å². The molecule has 2 atom stereocenters. The van der Waals surface area contributed by atoms with Crippen molar-refractivity contribution in [3.63, 3.8) is 0 Å².